The van der Waals surface area contributed by atoms with Crippen molar-refractivity contribution in [2.75, 3.05) is 0 Å². The first-order valence-electron chi connectivity index (χ1n) is 1.41. The molecule has 0 saturated carbocycles. The van der Waals surface area contributed by atoms with Crippen LogP contribution in [0.1, 0.15) is 0 Å². The Morgan fingerprint density at radius 2 is 1.00 bits per heavy atom. The number of rotatable bonds is 0. The van der Waals surface area contributed by atoms with Gasteiger partial charge >= 0.3 is 35.2 Å². The van der Waals surface area contributed by atoms with Gasteiger partial charge in [-0.2, -0.15) is 0 Å². The van der Waals surface area contributed by atoms with E-state index in [4.69, 9.17) is 0 Å². The van der Waals surface area contributed by atoms with Crippen molar-refractivity contribution in [2.45, 2.75) is 0 Å². The van der Waals surface area contributed by atoms with Gasteiger partial charge in [-0.1, -0.05) is 0 Å². The average molecular weight is 246 g/mol. The Morgan fingerprint density at radius 3 is 1.00 bits per heavy atom. The Kier molecular flexibility index (Phi) is 54.6. The van der Waals surface area contributed by atoms with Crippen molar-refractivity contribution in [3.63, 3.8) is 0 Å². The molecule has 0 heterocycles. The number of hydrogen-bond acceptors (Lipinski definition) is 0. The van der Waals surface area contributed by atoms with Gasteiger partial charge in [0.15, 0.2) is 0 Å². The van der Waals surface area contributed by atoms with Crippen LogP contribution in [0.2, 0.25) is 0 Å². The van der Waals surface area contributed by atoms with Gasteiger partial charge in [0.05, 0.1) is 0 Å². The van der Waals surface area contributed by atoms with E-state index in [0.717, 1.165) is 0 Å². The largest absolute Gasteiger partial charge is 0.0120 e. The predicted molar refractivity (Wildman–Crippen MR) is 51.1 cm³/mol. The van der Waals surface area contributed by atoms with Crippen LogP contribution in [0.25, 0.3) is 0 Å². The summed E-state index contributed by atoms with van der Waals surface area (Å²) in [6.07, 6.45) is 0. The maximum absolute atomic E-state index is 1.57. The van der Waals surface area contributed by atoms with Gasteiger partial charge in [0, 0.05) is 0 Å². The fraction of sp³-hybridized carbons (Fsp3) is 0. The Balaban J connectivity index is -0.0000000200. The van der Waals surface area contributed by atoms with Crippen molar-refractivity contribution in [3.8, 4) is 0 Å². The summed E-state index contributed by atoms with van der Waals surface area (Å²) in [4.78, 5) is 0. The minimum absolute atomic E-state index is 0. The van der Waals surface area contributed by atoms with Crippen molar-refractivity contribution in [3.05, 3.63) is 0 Å². The van der Waals surface area contributed by atoms with Crippen molar-refractivity contribution in [1.29, 1.82) is 0 Å². The van der Waals surface area contributed by atoms with Gasteiger partial charge < -0.3 is 0 Å². The molecule has 0 aromatic carbocycles. The van der Waals surface area contributed by atoms with E-state index >= 15 is 0 Å². The van der Waals surface area contributed by atoms with Gasteiger partial charge in [-0.05, 0) is 28.1 Å². The molecule has 0 fully saturated rings. The molecule has 0 spiro atoms. The zero-order valence-corrected chi connectivity index (χ0v) is 8.12. The quantitative estimate of drug-likeness (QED) is 0.373. The van der Waals surface area contributed by atoms with Crippen LogP contribution in [0, 0.1) is 0 Å². The van der Waals surface area contributed by atoms with Crippen LogP contribution < -0.4 is 0 Å². The zero-order chi connectivity index (χ0) is 2.71. The van der Waals surface area contributed by atoms with Crippen LogP contribution in [0.5, 0.6) is 0 Å². The summed E-state index contributed by atoms with van der Waals surface area (Å²) in [5.74, 6) is 0. The SMILES string of the molecule is [GeH4].[GeH4].[SiH3][SiH2][SiH3]. The van der Waals surface area contributed by atoms with Crippen molar-refractivity contribution in [1.82, 2.24) is 0 Å². The summed E-state index contributed by atoms with van der Waals surface area (Å²) in [6.45, 7) is 0. The summed E-state index contributed by atoms with van der Waals surface area (Å²) >= 11 is 0. The normalized spacial score (nSPS) is 7.20. The van der Waals surface area contributed by atoms with Crippen LogP contribution in [0.15, 0.2) is 0 Å². The van der Waals surface area contributed by atoms with Crippen molar-refractivity contribution >= 4 is 63.3 Å². The molecular weight excluding hydrogens is 229 g/mol. The van der Waals surface area contributed by atoms with Crippen molar-refractivity contribution in [2.24, 2.45) is 0 Å². The summed E-state index contributed by atoms with van der Waals surface area (Å²) in [6, 6.07) is 0. The molecular formula is H16Ge2Si3. The fourth-order valence-corrected chi connectivity index (χ4v) is 0. The van der Waals surface area contributed by atoms with Crippen LogP contribution in [-0.4, -0.2) is 63.3 Å². The third-order valence-corrected chi connectivity index (χ3v) is 0. The van der Waals surface area contributed by atoms with Gasteiger partial charge in [-0.3, -0.25) is 0 Å². The molecule has 0 saturated heterocycles. The molecule has 0 radical (unpaired) electrons. The molecule has 0 unspecified atom stereocenters. The van der Waals surface area contributed by atoms with Crippen LogP contribution in [-0.2, 0) is 0 Å². The fourth-order valence-electron chi connectivity index (χ4n) is 0. The minimum Gasteiger partial charge on any atom is -0.0120 e. The summed E-state index contributed by atoms with van der Waals surface area (Å²) in [7, 11) is 3.83. The summed E-state index contributed by atoms with van der Waals surface area (Å²) in [5, 5.41) is 0. The maximum atomic E-state index is 1.57. The van der Waals surface area contributed by atoms with E-state index < -0.39 is 0 Å². The predicted octanol–water partition coefficient (Wildman–Crippen LogP) is -6.19. The van der Waals surface area contributed by atoms with E-state index in [1.807, 2.05) is 0 Å². The van der Waals surface area contributed by atoms with Gasteiger partial charge in [0.2, 0.25) is 0 Å². The molecule has 0 aliphatic carbocycles. The van der Waals surface area contributed by atoms with Gasteiger partial charge in [-0.25, -0.2) is 0 Å². The van der Waals surface area contributed by atoms with E-state index in [1.54, 1.807) is 19.5 Å². The minimum atomic E-state index is 0. The van der Waals surface area contributed by atoms with Gasteiger partial charge in [0.25, 0.3) is 0 Å². The smallest absolute Gasteiger partial charge is 0.0104 e. The molecule has 0 aromatic heterocycles. The van der Waals surface area contributed by atoms with E-state index in [9.17, 15) is 0 Å². The monoisotopic (exact) mass is 248 g/mol. The Hall–Kier alpha value is 1.74. The second kappa shape index (κ2) is 17.2. The molecule has 0 aliphatic heterocycles. The topological polar surface area (TPSA) is 0 Å². The standard InChI is InChI=1S/2GeH4.H8Si3/c;;1-3-2/h2*1H4;3H2,1-2H3. The Bertz CT molecular complexity index is 4.85. The first-order chi connectivity index (χ1) is 1.41. The maximum Gasteiger partial charge on any atom is -0.0104 e. The van der Waals surface area contributed by atoms with E-state index in [1.165, 1.54) is 0 Å². The number of hydrogen-bond donors (Lipinski definition) is 0. The molecule has 0 amide bonds. The average Bonchev–Trinajstić information content (AvgIpc) is 0.918. The molecule has 0 bridgehead atoms. The van der Waals surface area contributed by atoms with Gasteiger partial charge in [0.1, 0.15) is 0 Å². The van der Waals surface area contributed by atoms with Crippen LogP contribution >= 0.6 is 0 Å². The van der Waals surface area contributed by atoms with Crippen molar-refractivity contribution < 1.29 is 0 Å². The molecule has 0 rings (SSSR count). The summed E-state index contributed by atoms with van der Waals surface area (Å²) < 4.78 is 0. The molecule has 0 nitrogen and oxygen atoms in total. The molecule has 0 aliphatic rings. The third-order valence-electron chi connectivity index (χ3n) is 0. The molecule has 0 atom stereocenters. The van der Waals surface area contributed by atoms with Crippen LogP contribution in [0.4, 0.5) is 0 Å². The van der Waals surface area contributed by atoms with E-state index in [0.29, 0.717) is 8.55 Å². The molecule has 36 valence electrons. The van der Waals surface area contributed by atoms with E-state index in [2.05, 4.69) is 0 Å². The Labute approximate surface area is 63.1 Å². The molecule has 5 heteroatoms. The molecule has 0 N–H and O–H groups in total. The Morgan fingerprint density at radius 1 is 1.00 bits per heavy atom. The van der Waals surface area contributed by atoms with Crippen LogP contribution in [0.3, 0.4) is 0 Å². The second-order valence-electron chi connectivity index (χ2n) is 0.707. The first kappa shape index (κ1) is 15.9. The molecule has 0 aromatic rings. The summed E-state index contributed by atoms with van der Waals surface area (Å²) in [5.41, 5.74) is 0. The van der Waals surface area contributed by atoms with E-state index in [-0.39, 0.29) is 35.2 Å². The second-order valence-corrected chi connectivity index (χ2v) is 19.1. The van der Waals surface area contributed by atoms with Gasteiger partial charge in [-0.15, -0.1) is 0 Å². The molecule has 5 heavy (non-hydrogen) atoms. The third kappa shape index (κ3) is 26.6. The first-order valence-corrected chi connectivity index (χ1v) is 12.7. The zero-order valence-electron chi connectivity index (χ0n) is 2.71.